The summed E-state index contributed by atoms with van der Waals surface area (Å²) in [5, 5.41) is 2.65. The first kappa shape index (κ1) is 14.8. The van der Waals surface area contributed by atoms with Crippen molar-refractivity contribution < 1.29 is 13.2 Å². The van der Waals surface area contributed by atoms with Gasteiger partial charge in [0.05, 0.1) is 5.69 Å². The first-order valence-corrected chi connectivity index (χ1v) is 7.97. The van der Waals surface area contributed by atoms with Gasteiger partial charge in [-0.25, -0.2) is 8.42 Å². The molecule has 1 heterocycles. The SMILES string of the molecule is Cc1ccc(N)c(S(=O)(=O)NC2CCCNC2=O)c1C. The highest BCUT2D eigenvalue weighted by Crippen LogP contribution is 2.25. The summed E-state index contributed by atoms with van der Waals surface area (Å²) < 4.78 is 27.4. The van der Waals surface area contributed by atoms with Crippen LogP contribution in [0.5, 0.6) is 0 Å². The standard InChI is InChI=1S/C13H19N3O3S/c1-8-5-6-10(14)12(9(8)2)20(18,19)16-11-4-3-7-15-13(11)17/h5-6,11,16H,3-4,7,14H2,1-2H3,(H,15,17). The number of sulfonamides is 1. The van der Waals surface area contributed by atoms with Crippen molar-refractivity contribution in [3.05, 3.63) is 23.3 Å². The Morgan fingerprint density at radius 1 is 1.35 bits per heavy atom. The maximum Gasteiger partial charge on any atom is 0.243 e. The minimum atomic E-state index is -3.81. The van der Waals surface area contributed by atoms with E-state index >= 15 is 0 Å². The van der Waals surface area contributed by atoms with E-state index in [0.29, 0.717) is 18.5 Å². The number of nitrogens with one attached hydrogen (secondary N) is 2. The molecule has 0 radical (unpaired) electrons. The van der Waals surface area contributed by atoms with Gasteiger partial charge in [0.25, 0.3) is 0 Å². The monoisotopic (exact) mass is 297 g/mol. The number of aryl methyl sites for hydroxylation is 1. The summed E-state index contributed by atoms with van der Waals surface area (Å²) in [6, 6.07) is 2.61. The molecule has 0 aliphatic carbocycles. The van der Waals surface area contributed by atoms with Crippen molar-refractivity contribution in [2.75, 3.05) is 12.3 Å². The summed E-state index contributed by atoms with van der Waals surface area (Å²) in [6.45, 7) is 4.12. The summed E-state index contributed by atoms with van der Waals surface area (Å²) in [4.78, 5) is 11.7. The van der Waals surface area contributed by atoms with Crippen LogP contribution < -0.4 is 15.8 Å². The number of anilines is 1. The summed E-state index contributed by atoms with van der Waals surface area (Å²) >= 11 is 0. The lowest BCUT2D eigenvalue weighted by Crippen LogP contribution is -2.50. The number of carbonyl (C=O) groups is 1. The molecule has 4 N–H and O–H groups in total. The van der Waals surface area contributed by atoms with Gasteiger partial charge in [-0.05, 0) is 43.9 Å². The van der Waals surface area contributed by atoms with Gasteiger partial charge in [0.2, 0.25) is 15.9 Å². The van der Waals surface area contributed by atoms with Crippen molar-refractivity contribution in [1.29, 1.82) is 0 Å². The maximum absolute atomic E-state index is 12.5. The number of piperidine rings is 1. The van der Waals surface area contributed by atoms with E-state index in [2.05, 4.69) is 10.0 Å². The fourth-order valence-electron chi connectivity index (χ4n) is 2.30. The van der Waals surface area contributed by atoms with Crippen molar-refractivity contribution in [3.63, 3.8) is 0 Å². The molecule has 0 spiro atoms. The zero-order valence-electron chi connectivity index (χ0n) is 11.6. The van der Waals surface area contributed by atoms with Crippen molar-refractivity contribution in [2.24, 2.45) is 0 Å². The second-order valence-corrected chi connectivity index (χ2v) is 6.68. The minimum absolute atomic E-state index is 0.0656. The van der Waals surface area contributed by atoms with E-state index in [0.717, 1.165) is 12.0 Å². The molecule has 1 aliphatic rings. The topological polar surface area (TPSA) is 101 Å². The predicted molar refractivity (Wildman–Crippen MR) is 76.7 cm³/mol. The minimum Gasteiger partial charge on any atom is -0.398 e. The molecule has 1 saturated heterocycles. The summed E-state index contributed by atoms with van der Waals surface area (Å²) in [6.07, 6.45) is 1.25. The zero-order chi connectivity index (χ0) is 14.9. The third-order valence-corrected chi connectivity index (χ3v) is 5.23. The second-order valence-electron chi connectivity index (χ2n) is 5.03. The molecule has 6 nitrogen and oxygen atoms in total. The highest BCUT2D eigenvalue weighted by molar-refractivity contribution is 7.89. The van der Waals surface area contributed by atoms with E-state index in [1.54, 1.807) is 19.1 Å². The molecule has 1 aromatic carbocycles. The van der Waals surface area contributed by atoms with E-state index in [1.165, 1.54) is 0 Å². The van der Waals surface area contributed by atoms with E-state index in [-0.39, 0.29) is 16.5 Å². The fraction of sp³-hybridized carbons (Fsp3) is 0.462. The molecule has 0 aromatic heterocycles. The Labute approximate surface area is 118 Å². The molecule has 1 aliphatic heterocycles. The normalized spacial score (nSPS) is 19.7. The van der Waals surface area contributed by atoms with Crippen molar-refractivity contribution in [3.8, 4) is 0 Å². The Morgan fingerprint density at radius 2 is 2.05 bits per heavy atom. The Balaban J connectivity index is 2.36. The number of hydrogen-bond acceptors (Lipinski definition) is 4. The van der Waals surface area contributed by atoms with Crippen LogP contribution in [-0.2, 0) is 14.8 Å². The van der Waals surface area contributed by atoms with Crippen LogP contribution in [0.15, 0.2) is 17.0 Å². The van der Waals surface area contributed by atoms with Crippen LogP contribution >= 0.6 is 0 Å². The first-order valence-electron chi connectivity index (χ1n) is 6.48. The molecular weight excluding hydrogens is 278 g/mol. The number of hydrogen-bond donors (Lipinski definition) is 3. The highest BCUT2D eigenvalue weighted by atomic mass is 32.2. The molecule has 1 atom stereocenters. The molecule has 20 heavy (non-hydrogen) atoms. The predicted octanol–water partition coefficient (Wildman–Crippen LogP) is 0.443. The van der Waals surface area contributed by atoms with Gasteiger partial charge < -0.3 is 11.1 Å². The van der Waals surface area contributed by atoms with Gasteiger partial charge in [-0.15, -0.1) is 0 Å². The van der Waals surface area contributed by atoms with E-state index < -0.39 is 16.1 Å². The molecule has 1 fully saturated rings. The molecule has 0 bridgehead atoms. The smallest absolute Gasteiger partial charge is 0.243 e. The zero-order valence-corrected chi connectivity index (χ0v) is 12.4. The number of carbonyl (C=O) groups excluding carboxylic acids is 1. The van der Waals surface area contributed by atoms with E-state index in [4.69, 9.17) is 5.73 Å². The average Bonchev–Trinajstić information content (AvgIpc) is 2.37. The molecular formula is C13H19N3O3S. The van der Waals surface area contributed by atoms with Crippen LogP contribution in [0, 0.1) is 13.8 Å². The number of nitrogen functional groups attached to an aromatic ring is 1. The van der Waals surface area contributed by atoms with Crippen molar-refractivity contribution in [1.82, 2.24) is 10.0 Å². The van der Waals surface area contributed by atoms with Gasteiger partial charge >= 0.3 is 0 Å². The number of benzene rings is 1. The largest absolute Gasteiger partial charge is 0.398 e. The maximum atomic E-state index is 12.5. The van der Waals surface area contributed by atoms with Crippen molar-refractivity contribution >= 4 is 21.6 Å². The lowest BCUT2D eigenvalue weighted by molar-refractivity contribution is -0.124. The molecule has 1 aromatic rings. The lowest BCUT2D eigenvalue weighted by atomic mass is 10.1. The van der Waals surface area contributed by atoms with Gasteiger partial charge in [-0.3, -0.25) is 4.79 Å². The Morgan fingerprint density at radius 3 is 2.70 bits per heavy atom. The number of rotatable bonds is 3. The molecule has 2 rings (SSSR count). The van der Waals surface area contributed by atoms with Gasteiger partial charge in [0.1, 0.15) is 10.9 Å². The highest BCUT2D eigenvalue weighted by Gasteiger charge is 2.29. The Hall–Kier alpha value is -1.60. The van der Waals surface area contributed by atoms with Gasteiger partial charge in [0, 0.05) is 6.54 Å². The molecule has 110 valence electrons. The van der Waals surface area contributed by atoms with E-state index in [9.17, 15) is 13.2 Å². The molecule has 1 unspecified atom stereocenters. The Bertz CT molecular complexity index is 641. The fourth-order valence-corrected chi connectivity index (χ4v) is 3.96. The second kappa shape index (κ2) is 5.41. The summed E-state index contributed by atoms with van der Waals surface area (Å²) in [7, 11) is -3.81. The third-order valence-electron chi connectivity index (χ3n) is 3.56. The number of amides is 1. The van der Waals surface area contributed by atoms with Crippen LogP contribution in [0.1, 0.15) is 24.0 Å². The molecule has 1 amide bonds. The quantitative estimate of drug-likeness (QED) is 0.705. The van der Waals surface area contributed by atoms with Crippen LogP contribution in [0.25, 0.3) is 0 Å². The van der Waals surface area contributed by atoms with Crippen LogP contribution in [-0.4, -0.2) is 26.9 Å². The first-order chi connectivity index (χ1) is 9.33. The summed E-state index contributed by atoms with van der Waals surface area (Å²) in [5.74, 6) is -0.288. The molecule has 7 heteroatoms. The third kappa shape index (κ3) is 2.78. The Kier molecular flexibility index (Phi) is 4.01. The van der Waals surface area contributed by atoms with Gasteiger partial charge in [0.15, 0.2) is 0 Å². The summed E-state index contributed by atoms with van der Waals surface area (Å²) in [5.41, 5.74) is 7.43. The van der Waals surface area contributed by atoms with Crippen LogP contribution in [0.4, 0.5) is 5.69 Å². The van der Waals surface area contributed by atoms with Crippen molar-refractivity contribution in [2.45, 2.75) is 37.6 Å². The van der Waals surface area contributed by atoms with Crippen LogP contribution in [0.3, 0.4) is 0 Å². The lowest BCUT2D eigenvalue weighted by Gasteiger charge is -2.23. The molecule has 0 saturated carbocycles. The van der Waals surface area contributed by atoms with Gasteiger partial charge in [-0.2, -0.15) is 4.72 Å². The number of nitrogens with two attached hydrogens (primary N) is 1. The average molecular weight is 297 g/mol. The van der Waals surface area contributed by atoms with Crippen LogP contribution in [0.2, 0.25) is 0 Å². The van der Waals surface area contributed by atoms with Gasteiger partial charge in [-0.1, -0.05) is 6.07 Å². The van der Waals surface area contributed by atoms with E-state index in [1.807, 2.05) is 6.92 Å².